The fraction of sp³-hybridized carbons (Fsp3) is 0.318. The van der Waals surface area contributed by atoms with E-state index < -0.39 is 0 Å². The number of aryl methyl sites for hydroxylation is 1. The van der Waals surface area contributed by atoms with Crippen molar-refractivity contribution >= 4 is 5.91 Å². The molecule has 0 aliphatic heterocycles. The van der Waals surface area contributed by atoms with Crippen LogP contribution >= 0.6 is 0 Å². The molecule has 1 amide bonds. The van der Waals surface area contributed by atoms with Crippen LogP contribution in [0.5, 0.6) is 11.5 Å². The number of nitrogens with one attached hydrogen (secondary N) is 1. The second-order valence-electron chi connectivity index (χ2n) is 6.15. The van der Waals surface area contributed by atoms with Crippen LogP contribution < -0.4 is 14.8 Å². The summed E-state index contributed by atoms with van der Waals surface area (Å²) in [4.78, 5) is 12.2. The average molecular weight is 353 g/mol. The molecule has 2 aromatic rings. The molecule has 0 bridgehead atoms. The third-order valence-corrected chi connectivity index (χ3v) is 4.23. The second-order valence-corrected chi connectivity index (χ2v) is 6.15. The molecule has 26 heavy (non-hydrogen) atoms. The predicted molar refractivity (Wildman–Crippen MR) is 105 cm³/mol. The lowest BCUT2D eigenvalue weighted by Crippen LogP contribution is -2.31. The van der Waals surface area contributed by atoms with Crippen molar-refractivity contribution in [2.45, 2.75) is 32.7 Å². The van der Waals surface area contributed by atoms with Crippen LogP contribution in [-0.4, -0.2) is 19.6 Å². The molecule has 0 aromatic heterocycles. The van der Waals surface area contributed by atoms with Gasteiger partial charge in [0.1, 0.15) is 0 Å². The van der Waals surface area contributed by atoms with E-state index in [2.05, 4.69) is 31.0 Å². The van der Waals surface area contributed by atoms with Crippen molar-refractivity contribution in [2.24, 2.45) is 0 Å². The van der Waals surface area contributed by atoms with Gasteiger partial charge in [0, 0.05) is 0 Å². The maximum absolute atomic E-state index is 12.2. The number of allylic oxidation sites excluding steroid dienone is 1. The first kappa shape index (κ1) is 19.6. The molecule has 4 nitrogen and oxygen atoms in total. The maximum atomic E-state index is 12.2. The van der Waals surface area contributed by atoms with Gasteiger partial charge in [0.05, 0.1) is 13.2 Å². The van der Waals surface area contributed by atoms with E-state index in [1.54, 1.807) is 7.11 Å². The fourth-order valence-corrected chi connectivity index (χ4v) is 2.68. The van der Waals surface area contributed by atoms with Gasteiger partial charge in [0.2, 0.25) is 0 Å². The average Bonchev–Trinajstić information content (AvgIpc) is 2.67. The van der Waals surface area contributed by atoms with Gasteiger partial charge < -0.3 is 14.8 Å². The van der Waals surface area contributed by atoms with Crippen LogP contribution in [0.25, 0.3) is 0 Å². The molecule has 4 heteroatoms. The molecule has 0 aliphatic carbocycles. The Morgan fingerprint density at radius 1 is 1.15 bits per heavy atom. The zero-order valence-corrected chi connectivity index (χ0v) is 15.7. The summed E-state index contributed by atoms with van der Waals surface area (Å²) >= 11 is 0. The zero-order chi connectivity index (χ0) is 18.9. The minimum Gasteiger partial charge on any atom is -0.493 e. The number of hydrogen-bond donors (Lipinski definition) is 1. The van der Waals surface area contributed by atoms with Crippen molar-refractivity contribution in [3.8, 4) is 11.5 Å². The third-order valence-electron chi connectivity index (χ3n) is 4.23. The molecule has 0 saturated carbocycles. The van der Waals surface area contributed by atoms with Crippen molar-refractivity contribution in [1.29, 1.82) is 0 Å². The first-order chi connectivity index (χ1) is 12.6. The van der Waals surface area contributed by atoms with Crippen LogP contribution in [0.3, 0.4) is 0 Å². The Bertz CT molecular complexity index is 738. The lowest BCUT2D eigenvalue weighted by molar-refractivity contribution is -0.123. The Morgan fingerprint density at radius 2 is 1.85 bits per heavy atom. The van der Waals surface area contributed by atoms with Crippen molar-refractivity contribution in [2.75, 3.05) is 13.7 Å². The van der Waals surface area contributed by atoms with Gasteiger partial charge in [-0.3, -0.25) is 4.79 Å². The van der Waals surface area contributed by atoms with Crippen molar-refractivity contribution in [3.63, 3.8) is 0 Å². The summed E-state index contributed by atoms with van der Waals surface area (Å²) in [5, 5.41) is 2.96. The van der Waals surface area contributed by atoms with E-state index in [1.807, 2.05) is 43.3 Å². The van der Waals surface area contributed by atoms with E-state index in [1.165, 1.54) is 5.56 Å². The number of carbonyl (C=O) groups excluding carboxylic acids is 1. The highest BCUT2D eigenvalue weighted by Gasteiger charge is 2.12. The van der Waals surface area contributed by atoms with Gasteiger partial charge in [-0.15, -0.1) is 6.58 Å². The molecule has 138 valence electrons. The van der Waals surface area contributed by atoms with Crippen molar-refractivity contribution in [1.82, 2.24) is 5.32 Å². The van der Waals surface area contributed by atoms with E-state index in [4.69, 9.17) is 9.47 Å². The van der Waals surface area contributed by atoms with Crippen LogP contribution in [0.4, 0.5) is 0 Å². The maximum Gasteiger partial charge on any atom is 0.258 e. The Morgan fingerprint density at radius 3 is 2.46 bits per heavy atom. The predicted octanol–water partition coefficient (Wildman–Crippen LogP) is 4.24. The lowest BCUT2D eigenvalue weighted by atomic mass is 10.1. The number of benzene rings is 2. The van der Waals surface area contributed by atoms with Crippen molar-refractivity contribution < 1.29 is 14.3 Å². The summed E-state index contributed by atoms with van der Waals surface area (Å²) < 4.78 is 11.0. The van der Waals surface area contributed by atoms with Crippen LogP contribution in [0.1, 0.15) is 36.6 Å². The van der Waals surface area contributed by atoms with Gasteiger partial charge >= 0.3 is 0 Å². The first-order valence-corrected chi connectivity index (χ1v) is 8.86. The Hall–Kier alpha value is -2.75. The standard InChI is InChI=1S/C22H27NO3/c1-5-7-18-10-13-20(21(14-18)25-4)26-15-22(24)23-16(3)19-11-8-17(6-2)9-12-19/h5,8-14,16H,1,6-7,15H2,2-4H3,(H,23,24). The zero-order valence-electron chi connectivity index (χ0n) is 15.7. The molecule has 2 rings (SSSR count). The Kier molecular flexibility index (Phi) is 7.27. The molecular weight excluding hydrogens is 326 g/mol. The van der Waals surface area contributed by atoms with Gasteiger partial charge in [-0.1, -0.05) is 43.3 Å². The fourth-order valence-electron chi connectivity index (χ4n) is 2.68. The number of hydrogen-bond acceptors (Lipinski definition) is 3. The van der Waals surface area contributed by atoms with Gasteiger partial charge in [0.15, 0.2) is 18.1 Å². The SMILES string of the molecule is C=CCc1ccc(OCC(=O)NC(C)c2ccc(CC)cc2)c(OC)c1. The highest BCUT2D eigenvalue weighted by molar-refractivity contribution is 5.78. The summed E-state index contributed by atoms with van der Waals surface area (Å²) in [6.45, 7) is 7.75. The van der Waals surface area contributed by atoms with Gasteiger partial charge in [0.25, 0.3) is 5.91 Å². The van der Waals surface area contributed by atoms with Gasteiger partial charge in [-0.25, -0.2) is 0 Å². The Labute approximate surface area is 155 Å². The summed E-state index contributed by atoms with van der Waals surface area (Å²) in [5.74, 6) is 0.991. The van der Waals surface area contributed by atoms with E-state index >= 15 is 0 Å². The van der Waals surface area contributed by atoms with Crippen LogP contribution in [-0.2, 0) is 17.6 Å². The summed E-state index contributed by atoms with van der Waals surface area (Å²) in [5.41, 5.74) is 3.43. The number of methoxy groups -OCH3 is 1. The molecule has 0 spiro atoms. The third kappa shape index (κ3) is 5.38. The van der Waals surface area contributed by atoms with Crippen molar-refractivity contribution in [3.05, 3.63) is 71.8 Å². The summed E-state index contributed by atoms with van der Waals surface area (Å²) in [6.07, 6.45) is 3.59. The quantitative estimate of drug-likeness (QED) is 0.686. The molecule has 0 radical (unpaired) electrons. The minimum atomic E-state index is -0.172. The van der Waals surface area contributed by atoms with E-state index in [0.29, 0.717) is 11.5 Å². The largest absolute Gasteiger partial charge is 0.493 e. The number of amides is 1. The molecule has 0 fully saturated rings. The summed E-state index contributed by atoms with van der Waals surface area (Å²) in [7, 11) is 1.59. The Balaban J connectivity index is 1.92. The molecule has 1 atom stereocenters. The van der Waals surface area contributed by atoms with Gasteiger partial charge in [-0.2, -0.15) is 0 Å². The molecule has 1 N–H and O–H groups in total. The number of carbonyl (C=O) groups is 1. The monoisotopic (exact) mass is 353 g/mol. The highest BCUT2D eigenvalue weighted by Crippen LogP contribution is 2.28. The number of ether oxygens (including phenoxy) is 2. The minimum absolute atomic E-state index is 0.0610. The smallest absolute Gasteiger partial charge is 0.258 e. The summed E-state index contributed by atoms with van der Waals surface area (Å²) in [6, 6.07) is 13.8. The second kappa shape index (κ2) is 9.66. The molecular formula is C22H27NO3. The lowest BCUT2D eigenvalue weighted by Gasteiger charge is -2.16. The molecule has 0 saturated heterocycles. The van der Waals surface area contributed by atoms with Gasteiger partial charge in [-0.05, 0) is 48.6 Å². The van der Waals surface area contributed by atoms with E-state index in [0.717, 1.165) is 24.0 Å². The topological polar surface area (TPSA) is 47.6 Å². The number of rotatable bonds is 9. The molecule has 2 aromatic carbocycles. The first-order valence-electron chi connectivity index (χ1n) is 8.86. The van der Waals surface area contributed by atoms with Crippen LogP contribution in [0, 0.1) is 0 Å². The van der Waals surface area contributed by atoms with Crippen LogP contribution in [0.2, 0.25) is 0 Å². The molecule has 0 heterocycles. The normalized spacial score (nSPS) is 11.5. The molecule has 0 aliphatic rings. The van der Waals surface area contributed by atoms with Crippen LogP contribution in [0.15, 0.2) is 55.1 Å². The van der Waals surface area contributed by atoms with E-state index in [-0.39, 0.29) is 18.6 Å². The molecule has 1 unspecified atom stereocenters. The highest BCUT2D eigenvalue weighted by atomic mass is 16.5. The van der Waals surface area contributed by atoms with E-state index in [9.17, 15) is 4.79 Å².